The first-order valence-electron chi connectivity index (χ1n) is 7.96. The van der Waals surface area contributed by atoms with Crippen molar-refractivity contribution < 1.29 is 4.74 Å². The van der Waals surface area contributed by atoms with Crippen LogP contribution in [-0.2, 0) is 4.74 Å². The smallest absolute Gasteiger partial charge is 0.190 e. The molecule has 5 nitrogen and oxygen atoms in total. The highest BCUT2D eigenvalue weighted by Gasteiger charge is 2.18. The Morgan fingerprint density at radius 3 is 2.65 bits per heavy atom. The predicted molar refractivity (Wildman–Crippen MR) is 85.3 cm³/mol. The first kappa shape index (κ1) is 17.2. The van der Waals surface area contributed by atoms with Crippen LogP contribution in [0.4, 0.5) is 0 Å². The summed E-state index contributed by atoms with van der Waals surface area (Å²) in [6.07, 6.45) is 4.94. The number of methoxy groups -OCH3 is 1. The molecule has 0 amide bonds. The van der Waals surface area contributed by atoms with Gasteiger partial charge in [0.2, 0.25) is 0 Å². The summed E-state index contributed by atoms with van der Waals surface area (Å²) in [5.41, 5.74) is 0. The molecule has 0 aliphatic carbocycles. The number of hydrogen-bond acceptors (Lipinski definition) is 3. The van der Waals surface area contributed by atoms with Crippen LogP contribution in [0.25, 0.3) is 0 Å². The molecule has 0 bridgehead atoms. The Kier molecular flexibility index (Phi) is 9.41. The Morgan fingerprint density at radius 2 is 2.05 bits per heavy atom. The zero-order chi connectivity index (χ0) is 14.6. The Morgan fingerprint density at radius 1 is 1.30 bits per heavy atom. The van der Waals surface area contributed by atoms with Crippen LogP contribution in [0, 0.1) is 5.92 Å². The molecule has 1 saturated heterocycles. The minimum Gasteiger partial charge on any atom is -0.383 e. The molecule has 118 valence electrons. The van der Waals surface area contributed by atoms with Gasteiger partial charge in [0.1, 0.15) is 0 Å². The van der Waals surface area contributed by atoms with Crippen molar-refractivity contribution in [3.05, 3.63) is 0 Å². The largest absolute Gasteiger partial charge is 0.383 e. The van der Waals surface area contributed by atoms with Crippen LogP contribution in [0.5, 0.6) is 0 Å². The summed E-state index contributed by atoms with van der Waals surface area (Å²) in [6, 6.07) is 0. The highest BCUT2D eigenvalue weighted by atomic mass is 16.5. The van der Waals surface area contributed by atoms with Crippen LogP contribution in [0.3, 0.4) is 0 Å². The minimum atomic E-state index is 0.763. The van der Waals surface area contributed by atoms with Gasteiger partial charge in [0.05, 0.1) is 6.61 Å². The van der Waals surface area contributed by atoms with Crippen molar-refractivity contribution in [3.8, 4) is 0 Å². The van der Waals surface area contributed by atoms with Gasteiger partial charge in [-0.05, 0) is 38.3 Å². The van der Waals surface area contributed by atoms with Crippen LogP contribution in [-0.4, -0.2) is 64.3 Å². The number of piperidine rings is 1. The molecule has 1 aliphatic rings. The van der Waals surface area contributed by atoms with E-state index in [9.17, 15) is 0 Å². The van der Waals surface area contributed by atoms with E-state index in [0.29, 0.717) is 0 Å². The number of hydrogen-bond donors (Lipinski definition) is 2. The minimum absolute atomic E-state index is 0.763. The number of aliphatic imine (C=N–C) groups is 1. The fourth-order valence-corrected chi connectivity index (χ4v) is 2.48. The van der Waals surface area contributed by atoms with Crippen molar-refractivity contribution in [2.24, 2.45) is 10.9 Å². The maximum atomic E-state index is 5.13. The van der Waals surface area contributed by atoms with Gasteiger partial charge in [0.15, 0.2) is 5.96 Å². The van der Waals surface area contributed by atoms with E-state index in [4.69, 9.17) is 4.74 Å². The van der Waals surface area contributed by atoms with Gasteiger partial charge in [-0.25, -0.2) is 0 Å². The van der Waals surface area contributed by atoms with Crippen LogP contribution in [0.15, 0.2) is 4.99 Å². The third-order valence-corrected chi connectivity index (χ3v) is 3.92. The van der Waals surface area contributed by atoms with Gasteiger partial charge in [0, 0.05) is 33.8 Å². The standard InChI is InChI=1S/C15H32N4O/c1-4-5-8-17-15(16-2)18-13-14-6-9-19(10-7-14)11-12-20-3/h14H,4-13H2,1-3H3,(H2,16,17,18). The molecular formula is C15H32N4O. The molecular weight excluding hydrogens is 252 g/mol. The SMILES string of the molecule is CCCCNC(=NC)NCC1CCN(CCOC)CC1. The molecule has 1 heterocycles. The lowest BCUT2D eigenvalue weighted by atomic mass is 9.97. The molecule has 0 unspecified atom stereocenters. The fraction of sp³-hybridized carbons (Fsp3) is 0.933. The molecule has 1 fully saturated rings. The lowest BCUT2D eigenvalue weighted by molar-refractivity contribution is 0.121. The lowest BCUT2D eigenvalue weighted by Crippen LogP contribution is -2.43. The maximum absolute atomic E-state index is 5.13. The molecule has 0 spiro atoms. The molecule has 20 heavy (non-hydrogen) atoms. The monoisotopic (exact) mass is 284 g/mol. The van der Waals surface area contributed by atoms with Crippen molar-refractivity contribution in [1.82, 2.24) is 15.5 Å². The van der Waals surface area contributed by atoms with Crippen LogP contribution >= 0.6 is 0 Å². The number of nitrogens with one attached hydrogen (secondary N) is 2. The first-order valence-corrected chi connectivity index (χ1v) is 7.96. The second-order valence-electron chi connectivity index (χ2n) is 5.51. The van der Waals surface area contributed by atoms with Gasteiger partial charge < -0.3 is 20.3 Å². The number of likely N-dealkylation sites (tertiary alicyclic amines) is 1. The van der Waals surface area contributed by atoms with Crippen LogP contribution in [0.2, 0.25) is 0 Å². The normalized spacial score (nSPS) is 18.2. The third kappa shape index (κ3) is 7.10. The molecule has 0 atom stereocenters. The number of ether oxygens (including phenoxy) is 1. The first-order chi connectivity index (χ1) is 9.80. The van der Waals surface area contributed by atoms with Gasteiger partial charge >= 0.3 is 0 Å². The second kappa shape index (κ2) is 10.9. The van der Waals surface area contributed by atoms with Gasteiger partial charge in [-0.2, -0.15) is 0 Å². The van der Waals surface area contributed by atoms with E-state index in [1.165, 1.54) is 38.8 Å². The van der Waals surface area contributed by atoms with Crippen molar-refractivity contribution in [2.75, 3.05) is 53.5 Å². The van der Waals surface area contributed by atoms with E-state index in [0.717, 1.165) is 38.1 Å². The Hall–Kier alpha value is -0.810. The average molecular weight is 284 g/mol. The summed E-state index contributed by atoms with van der Waals surface area (Å²) in [7, 11) is 3.61. The zero-order valence-corrected chi connectivity index (χ0v) is 13.5. The third-order valence-electron chi connectivity index (χ3n) is 3.92. The lowest BCUT2D eigenvalue weighted by Gasteiger charge is -2.32. The molecule has 0 radical (unpaired) electrons. The summed E-state index contributed by atoms with van der Waals surface area (Å²) in [4.78, 5) is 6.76. The van der Waals surface area contributed by atoms with Crippen molar-refractivity contribution >= 4 is 5.96 Å². The number of unbranched alkanes of at least 4 members (excludes halogenated alkanes) is 1. The summed E-state index contributed by atoms with van der Waals surface area (Å²) in [5, 5.41) is 6.81. The average Bonchev–Trinajstić information content (AvgIpc) is 2.49. The Bertz CT molecular complexity index is 263. The molecule has 0 saturated carbocycles. The van der Waals surface area contributed by atoms with E-state index >= 15 is 0 Å². The van der Waals surface area contributed by atoms with Crippen molar-refractivity contribution in [1.29, 1.82) is 0 Å². The Labute approximate surface area is 124 Å². The molecule has 5 heteroatoms. The van der Waals surface area contributed by atoms with Gasteiger partial charge in [-0.3, -0.25) is 4.99 Å². The summed E-state index contributed by atoms with van der Waals surface area (Å²) >= 11 is 0. The molecule has 0 aromatic rings. The molecule has 1 rings (SSSR count). The van der Waals surface area contributed by atoms with Crippen molar-refractivity contribution in [2.45, 2.75) is 32.6 Å². The quantitative estimate of drug-likeness (QED) is 0.401. The zero-order valence-electron chi connectivity index (χ0n) is 13.5. The predicted octanol–water partition coefficient (Wildman–Crippen LogP) is 1.31. The molecule has 2 N–H and O–H groups in total. The Balaban J connectivity index is 2.13. The highest BCUT2D eigenvalue weighted by Crippen LogP contribution is 2.15. The maximum Gasteiger partial charge on any atom is 0.190 e. The molecule has 0 aromatic heterocycles. The molecule has 1 aliphatic heterocycles. The van der Waals surface area contributed by atoms with Crippen LogP contribution < -0.4 is 10.6 Å². The number of nitrogens with zero attached hydrogens (tertiary/aromatic N) is 2. The van der Waals surface area contributed by atoms with Crippen LogP contribution in [0.1, 0.15) is 32.6 Å². The van der Waals surface area contributed by atoms with E-state index < -0.39 is 0 Å². The van der Waals surface area contributed by atoms with E-state index in [1.807, 2.05) is 7.05 Å². The topological polar surface area (TPSA) is 48.9 Å². The highest BCUT2D eigenvalue weighted by molar-refractivity contribution is 5.79. The number of rotatable bonds is 8. The van der Waals surface area contributed by atoms with E-state index in [-0.39, 0.29) is 0 Å². The van der Waals surface area contributed by atoms with Gasteiger partial charge in [-0.15, -0.1) is 0 Å². The van der Waals surface area contributed by atoms with Crippen molar-refractivity contribution in [3.63, 3.8) is 0 Å². The van der Waals surface area contributed by atoms with E-state index in [2.05, 4.69) is 27.4 Å². The summed E-state index contributed by atoms with van der Waals surface area (Å²) in [6.45, 7) is 8.54. The number of guanidine groups is 1. The van der Waals surface area contributed by atoms with Gasteiger partial charge in [0.25, 0.3) is 0 Å². The second-order valence-corrected chi connectivity index (χ2v) is 5.51. The molecule has 0 aromatic carbocycles. The van der Waals surface area contributed by atoms with Gasteiger partial charge in [-0.1, -0.05) is 13.3 Å². The summed E-state index contributed by atoms with van der Waals surface area (Å²) in [5.74, 6) is 1.71. The van der Waals surface area contributed by atoms with E-state index in [1.54, 1.807) is 7.11 Å². The summed E-state index contributed by atoms with van der Waals surface area (Å²) < 4.78 is 5.13. The fourth-order valence-electron chi connectivity index (χ4n) is 2.48.